The highest BCUT2D eigenvalue weighted by Gasteiger charge is 2.09. The first-order chi connectivity index (χ1) is 9.65. The van der Waals surface area contributed by atoms with Crippen LogP contribution in [0.25, 0.3) is 20.8 Å². The average molecular weight is 282 g/mol. The van der Waals surface area contributed by atoms with E-state index >= 15 is 0 Å². The van der Waals surface area contributed by atoms with Crippen LogP contribution >= 0.6 is 11.3 Å². The Balaban J connectivity index is 1.96. The normalized spacial score (nSPS) is 10.7. The number of amides is 1. The first kappa shape index (κ1) is 12.8. The van der Waals surface area contributed by atoms with Gasteiger partial charge in [-0.15, -0.1) is 11.3 Å². The smallest absolute Gasteiger partial charge is 0.253 e. The zero-order valence-electron chi connectivity index (χ0n) is 11.3. The number of para-hydroxylation sites is 1. The number of carbonyl (C=O) groups excluding carboxylic acids is 1. The van der Waals surface area contributed by atoms with Crippen molar-refractivity contribution in [3.8, 4) is 10.6 Å². The molecule has 2 aromatic carbocycles. The van der Waals surface area contributed by atoms with Crippen LogP contribution < -0.4 is 0 Å². The Morgan fingerprint density at radius 1 is 1.05 bits per heavy atom. The van der Waals surface area contributed by atoms with Crippen molar-refractivity contribution in [3.05, 3.63) is 54.1 Å². The molecule has 0 saturated heterocycles. The molecule has 0 aliphatic heterocycles. The van der Waals surface area contributed by atoms with Gasteiger partial charge < -0.3 is 4.90 Å². The summed E-state index contributed by atoms with van der Waals surface area (Å²) in [6.45, 7) is 0. The first-order valence-corrected chi connectivity index (χ1v) is 7.14. The minimum Gasteiger partial charge on any atom is -0.345 e. The number of nitrogens with zero attached hydrogens (tertiary/aromatic N) is 2. The summed E-state index contributed by atoms with van der Waals surface area (Å²) in [5, 5.41) is 0.982. The monoisotopic (exact) mass is 282 g/mol. The highest BCUT2D eigenvalue weighted by molar-refractivity contribution is 7.21. The molecule has 3 aromatic rings. The summed E-state index contributed by atoms with van der Waals surface area (Å²) < 4.78 is 1.18. The molecular weight excluding hydrogens is 268 g/mol. The lowest BCUT2D eigenvalue weighted by atomic mass is 10.1. The molecule has 3 rings (SSSR count). The molecule has 0 atom stereocenters. The van der Waals surface area contributed by atoms with Crippen LogP contribution in [0.1, 0.15) is 10.4 Å². The van der Waals surface area contributed by atoms with Gasteiger partial charge in [0.1, 0.15) is 5.01 Å². The van der Waals surface area contributed by atoms with E-state index in [1.807, 2.05) is 42.5 Å². The maximum atomic E-state index is 11.8. The van der Waals surface area contributed by atoms with E-state index in [9.17, 15) is 4.79 Å². The Kier molecular flexibility index (Phi) is 3.24. The number of fused-ring (bicyclic) bond motifs is 1. The SMILES string of the molecule is CN(C)C(=O)c1ccc(-c2nc3ccccc3s2)cc1. The molecule has 0 radical (unpaired) electrons. The van der Waals surface area contributed by atoms with Gasteiger partial charge >= 0.3 is 0 Å². The Bertz CT molecular complexity index is 727. The van der Waals surface area contributed by atoms with Crippen molar-refractivity contribution in [1.29, 1.82) is 0 Å². The topological polar surface area (TPSA) is 33.2 Å². The predicted molar refractivity (Wildman–Crippen MR) is 83.1 cm³/mol. The van der Waals surface area contributed by atoms with Gasteiger partial charge in [-0.3, -0.25) is 4.79 Å². The third-order valence-corrected chi connectivity index (χ3v) is 4.16. The molecule has 1 amide bonds. The van der Waals surface area contributed by atoms with E-state index in [2.05, 4.69) is 11.1 Å². The molecule has 0 unspecified atom stereocenters. The first-order valence-electron chi connectivity index (χ1n) is 6.33. The second-order valence-electron chi connectivity index (χ2n) is 4.76. The number of benzene rings is 2. The molecule has 0 N–H and O–H groups in total. The average Bonchev–Trinajstić information content (AvgIpc) is 2.90. The van der Waals surface area contributed by atoms with E-state index < -0.39 is 0 Å². The summed E-state index contributed by atoms with van der Waals surface area (Å²) in [5.74, 6) is 0.0147. The molecule has 4 heteroatoms. The minimum absolute atomic E-state index is 0.0147. The van der Waals surface area contributed by atoms with Crippen LogP contribution in [0, 0.1) is 0 Å². The highest BCUT2D eigenvalue weighted by Crippen LogP contribution is 2.30. The lowest BCUT2D eigenvalue weighted by Gasteiger charge is -2.09. The third kappa shape index (κ3) is 2.30. The van der Waals surface area contributed by atoms with Crippen molar-refractivity contribution in [2.75, 3.05) is 14.1 Å². The van der Waals surface area contributed by atoms with Gasteiger partial charge in [0.05, 0.1) is 10.2 Å². The lowest BCUT2D eigenvalue weighted by molar-refractivity contribution is 0.0827. The van der Waals surface area contributed by atoms with Gasteiger partial charge in [0, 0.05) is 25.2 Å². The van der Waals surface area contributed by atoms with Gasteiger partial charge in [0.2, 0.25) is 0 Å². The molecule has 1 aromatic heterocycles. The van der Waals surface area contributed by atoms with Gasteiger partial charge in [-0.25, -0.2) is 4.98 Å². The van der Waals surface area contributed by atoms with E-state index in [4.69, 9.17) is 0 Å². The number of hydrogen-bond donors (Lipinski definition) is 0. The molecule has 0 bridgehead atoms. The summed E-state index contributed by atoms with van der Waals surface area (Å²) in [5.41, 5.74) is 2.75. The summed E-state index contributed by atoms with van der Waals surface area (Å²) >= 11 is 1.66. The summed E-state index contributed by atoms with van der Waals surface area (Å²) in [6.07, 6.45) is 0. The summed E-state index contributed by atoms with van der Waals surface area (Å²) in [7, 11) is 3.51. The van der Waals surface area contributed by atoms with E-state index in [1.165, 1.54) is 4.70 Å². The fraction of sp³-hybridized carbons (Fsp3) is 0.125. The number of aromatic nitrogens is 1. The zero-order valence-corrected chi connectivity index (χ0v) is 12.1. The standard InChI is InChI=1S/C16H14N2OS/c1-18(2)16(19)12-9-7-11(8-10-12)15-17-13-5-3-4-6-14(13)20-15/h3-10H,1-2H3. The Morgan fingerprint density at radius 3 is 2.40 bits per heavy atom. The van der Waals surface area contributed by atoms with E-state index in [0.717, 1.165) is 16.1 Å². The molecule has 3 nitrogen and oxygen atoms in total. The van der Waals surface area contributed by atoms with Gasteiger partial charge in [0.25, 0.3) is 5.91 Å². The van der Waals surface area contributed by atoms with Crippen LogP contribution in [0.4, 0.5) is 0 Å². The van der Waals surface area contributed by atoms with Crippen molar-refractivity contribution < 1.29 is 4.79 Å². The van der Waals surface area contributed by atoms with Crippen LogP contribution in [-0.2, 0) is 0 Å². The van der Waals surface area contributed by atoms with E-state index in [0.29, 0.717) is 5.56 Å². The molecule has 1 heterocycles. The number of hydrogen-bond acceptors (Lipinski definition) is 3. The van der Waals surface area contributed by atoms with Gasteiger partial charge in [-0.1, -0.05) is 24.3 Å². The van der Waals surface area contributed by atoms with Gasteiger partial charge in [-0.2, -0.15) is 0 Å². The van der Waals surface area contributed by atoms with Crippen LogP contribution in [0.5, 0.6) is 0 Å². The molecule has 0 saturated carbocycles. The van der Waals surface area contributed by atoms with E-state index in [1.54, 1.807) is 30.3 Å². The zero-order chi connectivity index (χ0) is 14.1. The van der Waals surface area contributed by atoms with Crippen molar-refractivity contribution in [2.24, 2.45) is 0 Å². The second-order valence-corrected chi connectivity index (χ2v) is 5.79. The molecule has 0 aliphatic carbocycles. The van der Waals surface area contributed by atoms with E-state index in [-0.39, 0.29) is 5.91 Å². The fourth-order valence-corrected chi connectivity index (χ4v) is 2.98. The van der Waals surface area contributed by atoms with Gasteiger partial charge in [-0.05, 0) is 24.3 Å². The number of rotatable bonds is 2. The summed E-state index contributed by atoms with van der Waals surface area (Å²) in [4.78, 5) is 18.0. The number of carbonyl (C=O) groups is 1. The Hall–Kier alpha value is -2.20. The van der Waals surface area contributed by atoms with Crippen LogP contribution in [0.3, 0.4) is 0 Å². The molecule has 0 fully saturated rings. The van der Waals surface area contributed by atoms with Crippen molar-refractivity contribution in [2.45, 2.75) is 0 Å². The van der Waals surface area contributed by atoms with Crippen LogP contribution in [-0.4, -0.2) is 29.9 Å². The Labute approximate surface area is 121 Å². The fourth-order valence-electron chi connectivity index (χ4n) is 2.01. The molecular formula is C16H14N2OS. The quantitative estimate of drug-likeness (QED) is 0.718. The highest BCUT2D eigenvalue weighted by atomic mass is 32.1. The summed E-state index contributed by atoms with van der Waals surface area (Å²) in [6, 6.07) is 15.7. The van der Waals surface area contributed by atoms with Crippen LogP contribution in [0.2, 0.25) is 0 Å². The predicted octanol–water partition coefficient (Wildman–Crippen LogP) is 3.67. The Morgan fingerprint density at radius 2 is 1.75 bits per heavy atom. The van der Waals surface area contributed by atoms with Gasteiger partial charge in [0.15, 0.2) is 0 Å². The van der Waals surface area contributed by atoms with Crippen molar-refractivity contribution >= 4 is 27.5 Å². The van der Waals surface area contributed by atoms with Crippen LogP contribution in [0.15, 0.2) is 48.5 Å². The van der Waals surface area contributed by atoms with Crippen molar-refractivity contribution in [1.82, 2.24) is 9.88 Å². The molecule has 0 spiro atoms. The molecule has 0 aliphatic rings. The maximum absolute atomic E-state index is 11.8. The lowest BCUT2D eigenvalue weighted by Crippen LogP contribution is -2.21. The van der Waals surface area contributed by atoms with Crippen molar-refractivity contribution in [3.63, 3.8) is 0 Å². The largest absolute Gasteiger partial charge is 0.345 e. The third-order valence-electron chi connectivity index (χ3n) is 3.08. The minimum atomic E-state index is 0.0147. The maximum Gasteiger partial charge on any atom is 0.253 e. The molecule has 20 heavy (non-hydrogen) atoms. The number of thiazole rings is 1. The molecule has 100 valence electrons. The second kappa shape index (κ2) is 5.06.